The van der Waals surface area contributed by atoms with Crippen LogP contribution in [-0.4, -0.2) is 15.7 Å². The summed E-state index contributed by atoms with van der Waals surface area (Å²) >= 11 is 0. The van der Waals surface area contributed by atoms with Crippen molar-refractivity contribution in [3.8, 4) is 11.1 Å². The highest BCUT2D eigenvalue weighted by Crippen LogP contribution is 2.42. The SMILES string of the molecule is c1ccc2c(c1)Cc1cc(C3=Nc4c(c5ncccc5c5cccnc45)C3)ccc1-2. The molecular weight excluding hydrogens is 366 g/mol. The van der Waals surface area contributed by atoms with Crippen molar-refractivity contribution in [3.05, 3.63) is 101 Å². The summed E-state index contributed by atoms with van der Waals surface area (Å²) in [5.74, 6) is 0. The Bertz CT molecular complexity index is 1550. The minimum atomic E-state index is 0.793. The van der Waals surface area contributed by atoms with Gasteiger partial charge in [-0.3, -0.25) is 9.97 Å². The summed E-state index contributed by atoms with van der Waals surface area (Å²) in [5.41, 5.74) is 12.0. The van der Waals surface area contributed by atoms with Crippen molar-refractivity contribution in [2.75, 3.05) is 0 Å². The van der Waals surface area contributed by atoms with Crippen LogP contribution < -0.4 is 0 Å². The second kappa shape index (κ2) is 5.83. The van der Waals surface area contributed by atoms with Crippen LogP contribution in [0.1, 0.15) is 22.3 Å². The molecule has 0 N–H and O–H groups in total. The number of aliphatic imine (C=N–C) groups is 1. The largest absolute Gasteiger partial charge is 0.256 e. The molecule has 2 aliphatic rings. The van der Waals surface area contributed by atoms with Crippen molar-refractivity contribution in [2.45, 2.75) is 12.8 Å². The molecule has 30 heavy (non-hydrogen) atoms. The molecule has 3 nitrogen and oxygen atoms in total. The van der Waals surface area contributed by atoms with Gasteiger partial charge in [0.1, 0.15) is 0 Å². The lowest BCUT2D eigenvalue weighted by Gasteiger charge is -2.08. The first-order valence-corrected chi connectivity index (χ1v) is 10.3. The third-order valence-corrected chi connectivity index (χ3v) is 6.42. The molecule has 0 amide bonds. The smallest absolute Gasteiger partial charge is 0.0969 e. The van der Waals surface area contributed by atoms with Crippen molar-refractivity contribution in [2.24, 2.45) is 4.99 Å². The molecule has 7 rings (SSSR count). The van der Waals surface area contributed by atoms with Gasteiger partial charge in [-0.2, -0.15) is 0 Å². The van der Waals surface area contributed by atoms with Crippen LogP contribution in [0.3, 0.4) is 0 Å². The minimum absolute atomic E-state index is 0.793. The van der Waals surface area contributed by atoms with Crippen LogP contribution in [0.4, 0.5) is 5.69 Å². The number of aromatic nitrogens is 2. The summed E-state index contributed by atoms with van der Waals surface area (Å²) in [7, 11) is 0. The first kappa shape index (κ1) is 16.0. The fraction of sp³-hybridized carbons (Fsp3) is 0.0741. The summed E-state index contributed by atoms with van der Waals surface area (Å²) in [4.78, 5) is 14.5. The van der Waals surface area contributed by atoms with Gasteiger partial charge < -0.3 is 0 Å². The van der Waals surface area contributed by atoms with Gasteiger partial charge in [0.15, 0.2) is 0 Å². The van der Waals surface area contributed by atoms with Gasteiger partial charge in [-0.15, -0.1) is 0 Å². The van der Waals surface area contributed by atoms with Gasteiger partial charge in [-0.25, -0.2) is 4.99 Å². The molecule has 5 aromatic rings. The lowest BCUT2D eigenvalue weighted by atomic mass is 9.97. The first-order valence-electron chi connectivity index (χ1n) is 10.3. The molecule has 1 aliphatic heterocycles. The molecule has 0 saturated heterocycles. The second-order valence-electron chi connectivity index (χ2n) is 8.07. The average Bonchev–Trinajstić information content (AvgIpc) is 3.41. The standard InChI is InChI=1S/C27H17N3/c1-2-6-19-16(5-1)13-18-14-17(9-10-20(18)19)24-15-23-25-21(7-3-11-28-25)22-8-4-12-29-26(22)27(23)30-24/h1-12,14H,13,15H2. The predicted molar refractivity (Wildman–Crippen MR) is 122 cm³/mol. The van der Waals surface area contributed by atoms with Crippen molar-refractivity contribution < 1.29 is 0 Å². The Labute approximate surface area is 173 Å². The zero-order chi connectivity index (χ0) is 19.7. The zero-order valence-electron chi connectivity index (χ0n) is 16.3. The maximum Gasteiger partial charge on any atom is 0.0969 e. The van der Waals surface area contributed by atoms with Gasteiger partial charge in [0.05, 0.1) is 22.4 Å². The number of hydrogen-bond donors (Lipinski definition) is 0. The average molecular weight is 383 g/mol. The van der Waals surface area contributed by atoms with Gasteiger partial charge >= 0.3 is 0 Å². The number of benzene rings is 3. The summed E-state index contributed by atoms with van der Waals surface area (Å²) in [6, 6.07) is 23.7. The number of fused-ring (bicyclic) bond motifs is 9. The van der Waals surface area contributed by atoms with Crippen molar-refractivity contribution in [1.82, 2.24) is 9.97 Å². The summed E-state index contributed by atoms with van der Waals surface area (Å²) in [5, 5.41) is 2.27. The highest BCUT2D eigenvalue weighted by atomic mass is 14.8. The van der Waals surface area contributed by atoms with Gasteiger partial charge in [-0.05, 0) is 52.4 Å². The van der Waals surface area contributed by atoms with Crippen LogP contribution in [-0.2, 0) is 12.8 Å². The first-order chi connectivity index (χ1) is 14.9. The Morgan fingerprint density at radius 3 is 2.30 bits per heavy atom. The van der Waals surface area contributed by atoms with E-state index >= 15 is 0 Å². The van der Waals surface area contributed by atoms with E-state index in [1.54, 1.807) is 0 Å². The van der Waals surface area contributed by atoms with Crippen LogP contribution in [0, 0.1) is 0 Å². The van der Waals surface area contributed by atoms with Gasteiger partial charge in [0, 0.05) is 35.2 Å². The number of rotatable bonds is 1. The van der Waals surface area contributed by atoms with E-state index < -0.39 is 0 Å². The van der Waals surface area contributed by atoms with E-state index in [1.165, 1.54) is 33.4 Å². The Kier molecular flexibility index (Phi) is 3.11. The molecule has 0 bridgehead atoms. The van der Waals surface area contributed by atoms with E-state index in [9.17, 15) is 0 Å². The third-order valence-electron chi connectivity index (χ3n) is 6.42. The van der Waals surface area contributed by atoms with Crippen molar-refractivity contribution in [3.63, 3.8) is 0 Å². The van der Waals surface area contributed by atoms with Gasteiger partial charge in [0.25, 0.3) is 0 Å². The number of pyridine rings is 2. The van der Waals surface area contributed by atoms with Crippen molar-refractivity contribution in [1.29, 1.82) is 0 Å². The molecule has 0 saturated carbocycles. The molecule has 2 aromatic heterocycles. The lowest BCUT2D eigenvalue weighted by Crippen LogP contribution is -2.02. The maximum absolute atomic E-state index is 5.09. The quantitative estimate of drug-likeness (QED) is 0.325. The molecule has 0 fully saturated rings. The van der Waals surface area contributed by atoms with E-state index in [2.05, 4.69) is 59.6 Å². The fourth-order valence-electron chi connectivity index (χ4n) is 5.05. The normalized spacial score (nSPS) is 13.9. The molecule has 0 spiro atoms. The molecule has 3 aromatic carbocycles. The molecule has 140 valence electrons. The Morgan fingerprint density at radius 2 is 1.40 bits per heavy atom. The van der Waals surface area contributed by atoms with Crippen LogP contribution in [0.2, 0.25) is 0 Å². The topological polar surface area (TPSA) is 38.1 Å². The Hall–Kier alpha value is -3.85. The summed E-state index contributed by atoms with van der Waals surface area (Å²) < 4.78 is 0. The van der Waals surface area contributed by atoms with E-state index in [4.69, 9.17) is 9.98 Å². The molecule has 1 aliphatic carbocycles. The third kappa shape index (κ3) is 2.12. The summed E-state index contributed by atoms with van der Waals surface area (Å²) in [6.45, 7) is 0. The predicted octanol–water partition coefficient (Wildman–Crippen LogP) is 6.03. The number of nitrogens with zero attached hydrogens (tertiary/aromatic N) is 3. The molecule has 0 unspecified atom stereocenters. The summed E-state index contributed by atoms with van der Waals surface area (Å²) in [6.07, 6.45) is 5.51. The van der Waals surface area contributed by atoms with Crippen LogP contribution in [0.5, 0.6) is 0 Å². The van der Waals surface area contributed by atoms with Gasteiger partial charge in [-0.1, -0.05) is 48.5 Å². The van der Waals surface area contributed by atoms with Crippen LogP contribution >= 0.6 is 0 Å². The molecule has 0 atom stereocenters. The van der Waals surface area contributed by atoms with Crippen molar-refractivity contribution >= 4 is 33.2 Å². The Morgan fingerprint density at radius 1 is 0.633 bits per heavy atom. The molecular formula is C27H17N3. The molecule has 3 heterocycles. The van der Waals surface area contributed by atoms with Crippen LogP contribution in [0.25, 0.3) is 32.9 Å². The second-order valence-corrected chi connectivity index (χ2v) is 8.07. The van der Waals surface area contributed by atoms with Gasteiger partial charge in [0.2, 0.25) is 0 Å². The molecule has 0 radical (unpaired) electrons. The van der Waals surface area contributed by atoms with E-state index in [0.29, 0.717) is 0 Å². The van der Waals surface area contributed by atoms with E-state index in [0.717, 1.165) is 46.0 Å². The monoisotopic (exact) mass is 383 g/mol. The van der Waals surface area contributed by atoms with Crippen LogP contribution in [0.15, 0.2) is 84.1 Å². The molecule has 3 heteroatoms. The highest BCUT2D eigenvalue weighted by molar-refractivity contribution is 6.18. The Balaban J connectivity index is 1.40. The lowest BCUT2D eigenvalue weighted by molar-refractivity contribution is 1.26. The minimum Gasteiger partial charge on any atom is -0.256 e. The number of hydrogen-bond acceptors (Lipinski definition) is 3. The zero-order valence-corrected chi connectivity index (χ0v) is 16.3. The highest BCUT2D eigenvalue weighted by Gasteiger charge is 2.25. The van der Waals surface area contributed by atoms with E-state index in [1.807, 2.05) is 24.5 Å². The fourth-order valence-corrected chi connectivity index (χ4v) is 5.05. The maximum atomic E-state index is 5.09. The van der Waals surface area contributed by atoms with E-state index in [-0.39, 0.29) is 0 Å².